The SMILES string of the molecule is CC(C)c1nsc(NCC2CCCCN2)n1. The molecule has 2 heterocycles. The summed E-state index contributed by atoms with van der Waals surface area (Å²) in [5, 5.41) is 7.84. The van der Waals surface area contributed by atoms with Crippen LogP contribution in [0.2, 0.25) is 0 Å². The molecule has 1 fully saturated rings. The first kappa shape index (κ1) is 11.8. The Bertz CT molecular complexity index is 318. The number of hydrogen-bond acceptors (Lipinski definition) is 5. The Balaban J connectivity index is 1.79. The second-order valence-corrected chi connectivity index (χ2v) is 5.39. The molecular weight excluding hydrogens is 220 g/mol. The first-order valence-electron chi connectivity index (χ1n) is 6.06. The van der Waals surface area contributed by atoms with Crippen molar-refractivity contribution in [1.29, 1.82) is 0 Å². The molecule has 0 radical (unpaired) electrons. The second kappa shape index (κ2) is 5.59. The highest BCUT2D eigenvalue weighted by molar-refractivity contribution is 7.09. The number of anilines is 1. The van der Waals surface area contributed by atoms with Crippen molar-refractivity contribution in [2.45, 2.75) is 45.1 Å². The van der Waals surface area contributed by atoms with Gasteiger partial charge in [0, 0.05) is 30.0 Å². The van der Waals surface area contributed by atoms with Crippen molar-refractivity contribution in [2.75, 3.05) is 18.4 Å². The molecule has 1 aliphatic rings. The summed E-state index contributed by atoms with van der Waals surface area (Å²) in [6.45, 7) is 6.36. The van der Waals surface area contributed by atoms with Crippen LogP contribution in [0.3, 0.4) is 0 Å². The van der Waals surface area contributed by atoms with Gasteiger partial charge in [-0.25, -0.2) is 4.98 Å². The maximum atomic E-state index is 4.46. The summed E-state index contributed by atoms with van der Waals surface area (Å²) in [5.74, 6) is 1.36. The van der Waals surface area contributed by atoms with Gasteiger partial charge in [0.2, 0.25) is 5.13 Å². The van der Waals surface area contributed by atoms with E-state index >= 15 is 0 Å². The average Bonchev–Trinajstić information content (AvgIpc) is 2.76. The predicted octanol–water partition coefficient (Wildman–Crippen LogP) is 2.22. The number of nitrogens with one attached hydrogen (secondary N) is 2. The first-order valence-corrected chi connectivity index (χ1v) is 6.84. The summed E-state index contributed by atoms with van der Waals surface area (Å²) in [7, 11) is 0. The third kappa shape index (κ3) is 3.15. The third-order valence-electron chi connectivity index (χ3n) is 2.87. The molecule has 0 bridgehead atoms. The van der Waals surface area contributed by atoms with E-state index in [0.29, 0.717) is 12.0 Å². The Morgan fingerprint density at radius 1 is 1.50 bits per heavy atom. The van der Waals surface area contributed by atoms with Crippen molar-refractivity contribution in [3.8, 4) is 0 Å². The molecule has 0 saturated carbocycles. The molecule has 1 aromatic heterocycles. The lowest BCUT2D eigenvalue weighted by atomic mass is 10.1. The van der Waals surface area contributed by atoms with Gasteiger partial charge in [0.15, 0.2) is 0 Å². The van der Waals surface area contributed by atoms with Crippen LogP contribution in [-0.4, -0.2) is 28.5 Å². The number of nitrogens with zero attached hydrogens (tertiary/aromatic N) is 2. The van der Waals surface area contributed by atoms with Crippen LogP contribution in [0.4, 0.5) is 5.13 Å². The lowest BCUT2D eigenvalue weighted by Gasteiger charge is -2.23. The van der Waals surface area contributed by atoms with Gasteiger partial charge in [0.1, 0.15) is 5.82 Å². The molecule has 0 aromatic carbocycles. The summed E-state index contributed by atoms with van der Waals surface area (Å²) in [6.07, 6.45) is 3.92. The van der Waals surface area contributed by atoms with E-state index in [-0.39, 0.29) is 0 Å². The van der Waals surface area contributed by atoms with Gasteiger partial charge in [-0.05, 0) is 19.4 Å². The first-order chi connectivity index (χ1) is 7.75. The molecule has 0 aliphatic carbocycles. The quantitative estimate of drug-likeness (QED) is 0.847. The van der Waals surface area contributed by atoms with Gasteiger partial charge < -0.3 is 10.6 Å². The van der Waals surface area contributed by atoms with Gasteiger partial charge >= 0.3 is 0 Å². The van der Waals surface area contributed by atoms with Gasteiger partial charge in [0.25, 0.3) is 0 Å². The Morgan fingerprint density at radius 3 is 3.00 bits per heavy atom. The average molecular weight is 240 g/mol. The highest BCUT2D eigenvalue weighted by Gasteiger charge is 2.13. The summed E-state index contributed by atoms with van der Waals surface area (Å²) in [6, 6.07) is 0.597. The fraction of sp³-hybridized carbons (Fsp3) is 0.818. The third-order valence-corrected chi connectivity index (χ3v) is 3.56. The van der Waals surface area contributed by atoms with Crippen LogP contribution in [0, 0.1) is 0 Å². The summed E-state index contributed by atoms with van der Waals surface area (Å²) < 4.78 is 4.33. The molecule has 0 amide bonds. The zero-order valence-corrected chi connectivity index (χ0v) is 10.8. The standard InChI is InChI=1S/C11H20N4S/c1-8(2)10-14-11(16-15-10)13-7-9-5-3-4-6-12-9/h8-9,12H,3-7H2,1-2H3,(H,13,14,15). The highest BCUT2D eigenvalue weighted by atomic mass is 32.1. The van der Waals surface area contributed by atoms with Crippen molar-refractivity contribution < 1.29 is 0 Å². The lowest BCUT2D eigenvalue weighted by Crippen LogP contribution is -2.39. The van der Waals surface area contributed by atoms with E-state index in [0.717, 1.165) is 24.0 Å². The Kier molecular flexibility index (Phi) is 4.12. The zero-order chi connectivity index (χ0) is 11.4. The van der Waals surface area contributed by atoms with Crippen molar-refractivity contribution in [3.63, 3.8) is 0 Å². The number of rotatable bonds is 4. The van der Waals surface area contributed by atoms with E-state index in [4.69, 9.17) is 0 Å². The van der Waals surface area contributed by atoms with Crippen LogP contribution in [0.25, 0.3) is 0 Å². The fourth-order valence-corrected chi connectivity index (χ4v) is 2.56. The molecule has 90 valence electrons. The summed E-state index contributed by atoms with van der Waals surface area (Å²) >= 11 is 1.47. The van der Waals surface area contributed by atoms with Crippen molar-refractivity contribution >= 4 is 16.7 Å². The Labute approximate surface area is 101 Å². The number of piperidine rings is 1. The van der Waals surface area contributed by atoms with E-state index in [1.165, 1.54) is 30.8 Å². The van der Waals surface area contributed by atoms with Gasteiger partial charge in [-0.2, -0.15) is 4.37 Å². The van der Waals surface area contributed by atoms with Crippen molar-refractivity contribution in [2.24, 2.45) is 0 Å². The van der Waals surface area contributed by atoms with Crippen LogP contribution < -0.4 is 10.6 Å². The molecule has 5 heteroatoms. The normalized spacial score (nSPS) is 21.3. The van der Waals surface area contributed by atoms with Crippen molar-refractivity contribution in [3.05, 3.63) is 5.82 Å². The summed E-state index contributed by atoms with van der Waals surface area (Å²) in [5.41, 5.74) is 0. The highest BCUT2D eigenvalue weighted by Crippen LogP contribution is 2.17. The molecule has 2 rings (SSSR count). The number of hydrogen-bond donors (Lipinski definition) is 2. The maximum Gasteiger partial charge on any atom is 0.202 e. The van der Waals surface area contributed by atoms with E-state index in [1.807, 2.05) is 0 Å². The van der Waals surface area contributed by atoms with E-state index in [2.05, 4.69) is 33.8 Å². The fourth-order valence-electron chi connectivity index (χ4n) is 1.85. The second-order valence-electron chi connectivity index (χ2n) is 4.64. The minimum absolute atomic E-state index is 0.416. The molecular formula is C11H20N4S. The van der Waals surface area contributed by atoms with E-state index in [1.54, 1.807) is 0 Å². The van der Waals surface area contributed by atoms with E-state index in [9.17, 15) is 0 Å². The molecule has 0 spiro atoms. The Morgan fingerprint density at radius 2 is 2.38 bits per heavy atom. The maximum absolute atomic E-state index is 4.46. The van der Waals surface area contributed by atoms with Crippen LogP contribution in [0.5, 0.6) is 0 Å². The summed E-state index contributed by atoms with van der Waals surface area (Å²) in [4.78, 5) is 4.46. The van der Waals surface area contributed by atoms with Gasteiger partial charge in [-0.3, -0.25) is 0 Å². The zero-order valence-electron chi connectivity index (χ0n) is 9.99. The molecule has 1 atom stereocenters. The Hall–Kier alpha value is -0.680. The monoisotopic (exact) mass is 240 g/mol. The molecule has 2 N–H and O–H groups in total. The molecule has 1 unspecified atom stereocenters. The molecule has 1 aromatic rings. The predicted molar refractivity (Wildman–Crippen MR) is 68.1 cm³/mol. The largest absolute Gasteiger partial charge is 0.359 e. The van der Waals surface area contributed by atoms with E-state index < -0.39 is 0 Å². The number of aromatic nitrogens is 2. The van der Waals surface area contributed by atoms with Crippen LogP contribution in [0.15, 0.2) is 0 Å². The minimum Gasteiger partial charge on any atom is -0.359 e. The topological polar surface area (TPSA) is 49.8 Å². The van der Waals surface area contributed by atoms with Crippen LogP contribution in [0.1, 0.15) is 44.9 Å². The van der Waals surface area contributed by atoms with Crippen molar-refractivity contribution in [1.82, 2.24) is 14.7 Å². The van der Waals surface area contributed by atoms with Gasteiger partial charge in [-0.1, -0.05) is 20.3 Å². The van der Waals surface area contributed by atoms with Gasteiger partial charge in [-0.15, -0.1) is 0 Å². The molecule has 1 saturated heterocycles. The molecule has 16 heavy (non-hydrogen) atoms. The molecule has 4 nitrogen and oxygen atoms in total. The lowest BCUT2D eigenvalue weighted by molar-refractivity contribution is 0.414. The van der Waals surface area contributed by atoms with Gasteiger partial charge in [0.05, 0.1) is 0 Å². The van der Waals surface area contributed by atoms with Crippen LogP contribution >= 0.6 is 11.5 Å². The van der Waals surface area contributed by atoms with Crippen LogP contribution in [-0.2, 0) is 0 Å². The molecule has 1 aliphatic heterocycles. The minimum atomic E-state index is 0.416. The smallest absolute Gasteiger partial charge is 0.202 e.